The van der Waals surface area contributed by atoms with E-state index in [4.69, 9.17) is 9.47 Å². The first kappa shape index (κ1) is 19.7. The Morgan fingerprint density at radius 1 is 1.03 bits per heavy atom. The third-order valence-corrected chi connectivity index (χ3v) is 6.44. The molecule has 2 aliphatic rings. The molecule has 2 heterocycles. The van der Waals surface area contributed by atoms with Gasteiger partial charge in [0.2, 0.25) is 12.7 Å². The van der Waals surface area contributed by atoms with Crippen LogP contribution in [0.2, 0.25) is 0 Å². The standard InChI is InChI=1S/C25H27N3O3/c29-24(13-19-15-27-28(16-19)21-7-3-1-4-8-21)26-17-25(11-5-2-6-12-25)20-9-10-22-23(14-20)31-18-30-22/h1,3-4,7-10,14-16H,2,5-6,11-13,17-18H2,(H,26,29). The number of nitrogens with zero attached hydrogens (tertiary/aromatic N) is 2. The molecule has 0 unspecified atom stereocenters. The highest BCUT2D eigenvalue weighted by atomic mass is 16.7. The highest BCUT2D eigenvalue weighted by Crippen LogP contribution is 2.43. The zero-order valence-corrected chi connectivity index (χ0v) is 17.5. The number of nitrogens with one attached hydrogen (secondary N) is 1. The van der Waals surface area contributed by atoms with E-state index in [-0.39, 0.29) is 18.1 Å². The molecule has 0 atom stereocenters. The normalized spacial score (nSPS) is 16.8. The fourth-order valence-corrected chi connectivity index (χ4v) is 4.71. The van der Waals surface area contributed by atoms with Crippen LogP contribution in [0.5, 0.6) is 11.5 Å². The van der Waals surface area contributed by atoms with Crippen molar-refractivity contribution < 1.29 is 14.3 Å². The Morgan fingerprint density at radius 3 is 2.68 bits per heavy atom. The van der Waals surface area contributed by atoms with Crippen molar-refractivity contribution in [2.75, 3.05) is 13.3 Å². The summed E-state index contributed by atoms with van der Waals surface area (Å²) in [5.74, 6) is 1.63. The minimum Gasteiger partial charge on any atom is -0.454 e. The van der Waals surface area contributed by atoms with E-state index in [9.17, 15) is 4.79 Å². The summed E-state index contributed by atoms with van der Waals surface area (Å²) in [5, 5.41) is 7.60. The molecule has 1 N–H and O–H groups in total. The SMILES string of the molecule is O=C(Cc1cnn(-c2ccccc2)c1)NCC1(c2ccc3c(c2)OCO3)CCCCC1. The summed E-state index contributed by atoms with van der Waals surface area (Å²) in [7, 11) is 0. The van der Waals surface area contributed by atoms with Gasteiger partial charge >= 0.3 is 0 Å². The number of carbonyl (C=O) groups excluding carboxylic acids is 1. The van der Waals surface area contributed by atoms with Crippen LogP contribution in [0.1, 0.15) is 43.2 Å². The average molecular weight is 418 g/mol. The van der Waals surface area contributed by atoms with Crippen molar-refractivity contribution in [1.29, 1.82) is 0 Å². The van der Waals surface area contributed by atoms with Gasteiger partial charge in [0, 0.05) is 18.2 Å². The molecule has 0 radical (unpaired) electrons. The van der Waals surface area contributed by atoms with Crippen LogP contribution in [0, 0.1) is 0 Å². The quantitative estimate of drug-likeness (QED) is 0.654. The zero-order chi connectivity index (χ0) is 21.1. The van der Waals surface area contributed by atoms with Crippen LogP contribution < -0.4 is 14.8 Å². The Morgan fingerprint density at radius 2 is 1.84 bits per heavy atom. The number of aromatic nitrogens is 2. The van der Waals surface area contributed by atoms with Gasteiger partial charge in [0.25, 0.3) is 0 Å². The van der Waals surface area contributed by atoms with Crippen LogP contribution in [0.3, 0.4) is 0 Å². The molecule has 1 aromatic heterocycles. The van der Waals surface area contributed by atoms with E-state index in [1.54, 1.807) is 10.9 Å². The molecular weight excluding hydrogens is 390 g/mol. The van der Waals surface area contributed by atoms with Crippen molar-refractivity contribution in [2.45, 2.75) is 43.9 Å². The van der Waals surface area contributed by atoms with Gasteiger partial charge in [0.05, 0.1) is 18.3 Å². The van der Waals surface area contributed by atoms with Crippen LogP contribution in [0.15, 0.2) is 60.9 Å². The molecule has 1 aliphatic heterocycles. The number of fused-ring (bicyclic) bond motifs is 1. The molecular formula is C25H27N3O3. The smallest absolute Gasteiger partial charge is 0.231 e. The zero-order valence-electron chi connectivity index (χ0n) is 17.5. The number of benzene rings is 2. The van der Waals surface area contributed by atoms with Crippen LogP contribution in [0.25, 0.3) is 5.69 Å². The average Bonchev–Trinajstić information content (AvgIpc) is 3.48. The molecule has 1 aliphatic carbocycles. The summed E-state index contributed by atoms with van der Waals surface area (Å²) in [6.07, 6.45) is 9.74. The van der Waals surface area contributed by atoms with Crippen molar-refractivity contribution in [3.8, 4) is 17.2 Å². The second-order valence-electron chi connectivity index (χ2n) is 8.49. The van der Waals surface area contributed by atoms with E-state index in [0.29, 0.717) is 13.0 Å². The summed E-state index contributed by atoms with van der Waals surface area (Å²) in [5.41, 5.74) is 3.07. The highest BCUT2D eigenvalue weighted by molar-refractivity contribution is 5.78. The fraction of sp³-hybridized carbons (Fsp3) is 0.360. The first-order valence-electron chi connectivity index (χ1n) is 11.0. The monoisotopic (exact) mass is 417 g/mol. The lowest BCUT2D eigenvalue weighted by atomic mass is 9.69. The predicted molar refractivity (Wildman–Crippen MR) is 118 cm³/mol. The Kier molecular flexibility index (Phi) is 5.37. The van der Waals surface area contributed by atoms with Crippen LogP contribution in [0.4, 0.5) is 0 Å². The van der Waals surface area contributed by atoms with E-state index in [1.807, 2.05) is 42.6 Å². The lowest BCUT2D eigenvalue weighted by Crippen LogP contribution is -2.42. The Bertz CT molecular complexity index is 1050. The third kappa shape index (κ3) is 4.15. The van der Waals surface area contributed by atoms with Gasteiger partial charge in [-0.3, -0.25) is 4.79 Å². The molecule has 2 aromatic carbocycles. The van der Waals surface area contributed by atoms with Crippen molar-refractivity contribution in [3.63, 3.8) is 0 Å². The van der Waals surface area contributed by atoms with Gasteiger partial charge in [-0.1, -0.05) is 43.5 Å². The van der Waals surface area contributed by atoms with Crippen molar-refractivity contribution in [2.24, 2.45) is 0 Å². The third-order valence-electron chi connectivity index (χ3n) is 6.44. The second-order valence-corrected chi connectivity index (χ2v) is 8.49. The largest absolute Gasteiger partial charge is 0.454 e. The molecule has 0 bridgehead atoms. The van der Waals surface area contributed by atoms with Gasteiger partial charge in [0.1, 0.15) is 0 Å². The second kappa shape index (κ2) is 8.46. The van der Waals surface area contributed by atoms with Crippen molar-refractivity contribution in [3.05, 3.63) is 72.1 Å². The van der Waals surface area contributed by atoms with Crippen molar-refractivity contribution >= 4 is 5.91 Å². The van der Waals surface area contributed by atoms with Crippen LogP contribution >= 0.6 is 0 Å². The van der Waals surface area contributed by atoms with Gasteiger partial charge in [0.15, 0.2) is 11.5 Å². The van der Waals surface area contributed by atoms with E-state index < -0.39 is 0 Å². The molecule has 6 nitrogen and oxygen atoms in total. The lowest BCUT2D eigenvalue weighted by molar-refractivity contribution is -0.120. The Balaban J connectivity index is 1.27. The van der Waals surface area contributed by atoms with Crippen molar-refractivity contribution in [1.82, 2.24) is 15.1 Å². The van der Waals surface area contributed by atoms with Crippen LogP contribution in [-0.4, -0.2) is 29.0 Å². The molecule has 3 aromatic rings. The van der Waals surface area contributed by atoms with Gasteiger partial charge in [-0.15, -0.1) is 0 Å². The number of hydrogen-bond acceptors (Lipinski definition) is 4. The molecule has 1 amide bonds. The number of amides is 1. The topological polar surface area (TPSA) is 65.4 Å². The number of rotatable bonds is 6. The number of ether oxygens (including phenoxy) is 2. The molecule has 5 rings (SSSR count). The van der Waals surface area contributed by atoms with E-state index in [1.165, 1.54) is 24.8 Å². The molecule has 1 fully saturated rings. The maximum atomic E-state index is 12.8. The molecule has 31 heavy (non-hydrogen) atoms. The molecule has 0 spiro atoms. The summed E-state index contributed by atoms with van der Waals surface area (Å²) in [4.78, 5) is 12.8. The Labute approximate surface area is 182 Å². The maximum absolute atomic E-state index is 12.8. The maximum Gasteiger partial charge on any atom is 0.231 e. The fourth-order valence-electron chi connectivity index (χ4n) is 4.71. The van der Waals surface area contributed by atoms with Gasteiger partial charge in [-0.2, -0.15) is 5.10 Å². The summed E-state index contributed by atoms with van der Waals surface area (Å²) in [6, 6.07) is 16.1. The van der Waals surface area contributed by atoms with E-state index in [0.717, 1.165) is 35.6 Å². The molecule has 1 saturated carbocycles. The molecule has 0 saturated heterocycles. The van der Waals surface area contributed by atoms with Gasteiger partial charge < -0.3 is 14.8 Å². The van der Waals surface area contributed by atoms with Gasteiger partial charge in [-0.25, -0.2) is 4.68 Å². The van der Waals surface area contributed by atoms with E-state index >= 15 is 0 Å². The number of para-hydroxylation sites is 1. The summed E-state index contributed by atoms with van der Waals surface area (Å²) in [6.45, 7) is 0.914. The minimum atomic E-state index is -0.0525. The molecule has 6 heteroatoms. The van der Waals surface area contributed by atoms with Crippen LogP contribution in [-0.2, 0) is 16.6 Å². The first-order valence-corrected chi connectivity index (χ1v) is 11.0. The first-order chi connectivity index (χ1) is 15.2. The highest BCUT2D eigenvalue weighted by Gasteiger charge is 2.35. The number of carbonyl (C=O) groups is 1. The van der Waals surface area contributed by atoms with Gasteiger partial charge in [-0.05, 0) is 48.2 Å². The predicted octanol–water partition coefficient (Wildman–Crippen LogP) is 4.16. The summed E-state index contributed by atoms with van der Waals surface area (Å²) >= 11 is 0. The molecule has 160 valence electrons. The lowest BCUT2D eigenvalue weighted by Gasteiger charge is -2.38. The Hall–Kier alpha value is -3.28. The number of hydrogen-bond donors (Lipinski definition) is 1. The summed E-state index contributed by atoms with van der Waals surface area (Å²) < 4.78 is 12.9. The van der Waals surface area contributed by atoms with E-state index in [2.05, 4.69) is 22.5 Å². The minimum absolute atomic E-state index is 0.0262.